The van der Waals surface area contributed by atoms with E-state index < -0.39 is 28.7 Å². The molecule has 7 nitrogen and oxygen atoms in total. The van der Waals surface area contributed by atoms with E-state index in [1.54, 1.807) is 45.5 Å². The molecule has 34 heavy (non-hydrogen) atoms. The summed E-state index contributed by atoms with van der Waals surface area (Å²) in [5.41, 5.74) is 0. The lowest BCUT2D eigenvalue weighted by molar-refractivity contribution is -0.147. The van der Waals surface area contributed by atoms with Gasteiger partial charge in [0.2, 0.25) is 17.7 Å². The van der Waals surface area contributed by atoms with Crippen molar-refractivity contribution in [2.75, 3.05) is 26.2 Å². The molecule has 3 saturated heterocycles. The highest BCUT2D eigenvalue weighted by Gasteiger charge is 2.76. The highest BCUT2D eigenvalue weighted by Crippen LogP contribution is 2.69. The van der Waals surface area contributed by atoms with Crippen molar-refractivity contribution in [2.45, 2.75) is 75.6 Å². The summed E-state index contributed by atoms with van der Waals surface area (Å²) in [6.45, 7) is 18.7. The van der Waals surface area contributed by atoms with Crippen LogP contribution in [0.25, 0.3) is 0 Å². The lowest BCUT2D eigenvalue weighted by Gasteiger charge is -2.42. The number of carbonyl (C=O) groups excluding carboxylic acids is 3. The van der Waals surface area contributed by atoms with Crippen molar-refractivity contribution in [3.63, 3.8) is 0 Å². The van der Waals surface area contributed by atoms with E-state index in [1.807, 2.05) is 20.8 Å². The van der Waals surface area contributed by atoms with Crippen molar-refractivity contribution in [2.24, 2.45) is 17.8 Å². The Morgan fingerprint density at radius 3 is 2.41 bits per heavy atom. The van der Waals surface area contributed by atoms with Gasteiger partial charge in [0.25, 0.3) is 0 Å². The maximum absolute atomic E-state index is 14.1. The zero-order chi connectivity index (χ0) is 25.4. The summed E-state index contributed by atoms with van der Waals surface area (Å²) < 4.78 is -0.678. The van der Waals surface area contributed by atoms with E-state index in [0.717, 1.165) is 12.8 Å². The van der Waals surface area contributed by atoms with Crippen LogP contribution in [-0.2, 0) is 14.4 Å². The van der Waals surface area contributed by atoms with Crippen molar-refractivity contribution in [1.29, 1.82) is 0 Å². The minimum atomic E-state index is -0.712. The molecule has 3 amide bonds. The highest BCUT2D eigenvalue weighted by atomic mass is 32.2. The molecule has 3 rings (SSSR count). The van der Waals surface area contributed by atoms with E-state index in [2.05, 4.69) is 20.1 Å². The number of hydrogen-bond donors (Lipinski definition) is 1. The number of fused-ring (bicyclic) bond motifs is 1. The van der Waals surface area contributed by atoms with E-state index in [9.17, 15) is 19.5 Å². The van der Waals surface area contributed by atoms with Crippen molar-refractivity contribution in [3.8, 4) is 0 Å². The summed E-state index contributed by atoms with van der Waals surface area (Å²) in [4.78, 5) is 47.2. The van der Waals surface area contributed by atoms with Gasteiger partial charge in [-0.15, -0.1) is 24.9 Å². The third kappa shape index (κ3) is 4.00. The Labute approximate surface area is 208 Å². The summed E-state index contributed by atoms with van der Waals surface area (Å²) in [5, 5.41) is 10.0. The number of carbonyl (C=O) groups is 3. The predicted octanol–water partition coefficient (Wildman–Crippen LogP) is 2.55. The fourth-order valence-corrected chi connectivity index (χ4v) is 8.76. The fourth-order valence-electron chi connectivity index (χ4n) is 6.36. The average molecular weight is 492 g/mol. The maximum atomic E-state index is 14.1. The molecule has 1 spiro atoms. The molecule has 7 atom stereocenters. The number of likely N-dealkylation sites (tertiary alicyclic amines) is 1. The van der Waals surface area contributed by atoms with Crippen LogP contribution in [0.3, 0.4) is 0 Å². The Morgan fingerprint density at radius 2 is 1.88 bits per heavy atom. The molecule has 2 bridgehead atoms. The summed E-state index contributed by atoms with van der Waals surface area (Å²) in [5.74, 6) is -1.22. The molecular weight excluding hydrogens is 450 g/mol. The molecule has 8 heteroatoms. The predicted molar refractivity (Wildman–Crippen MR) is 136 cm³/mol. The first-order chi connectivity index (χ1) is 16.1. The largest absolute Gasteiger partial charge is 0.394 e. The molecule has 1 N–H and O–H groups in total. The molecule has 3 aliphatic heterocycles. The highest BCUT2D eigenvalue weighted by molar-refractivity contribution is 8.02. The molecule has 3 unspecified atom stereocenters. The van der Waals surface area contributed by atoms with E-state index >= 15 is 0 Å². The number of thioether (sulfide) groups is 1. The Bertz CT molecular complexity index is 833. The lowest BCUT2D eigenvalue weighted by Crippen LogP contribution is -2.60. The number of amides is 3. The van der Waals surface area contributed by atoms with Crippen LogP contribution in [-0.4, -0.2) is 91.9 Å². The molecule has 190 valence electrons. The van der Waals surface area contributed by atoms with Gasteiger partial charge in [0, 0.05) is 30.9 Å². The second-order valence-electron chi connectivity index (χ2n) is 10.3. The van der Waals surface area contributed by atoms with Gasteiger partial charge in [0.05, 0.1) is 29.2 Å². The van der Waals surface area contributed by atoms with Gasteiger partial charge in [0.15, 0.2) is 0 Å². The average Bonchev–Trinajstić information content (AvgIpc) is 3.39. The molecule has 3 heterocycles. The van der Waals surface area contributed by atoms with Gasteiger partial charge in [0.1, 0.15) is 6.04 Å². The zero-order valence-corrected chi connectivity index (χ0v) is 22.1. The van der Waals surface area contributed by atoms with E-state index in [0.29, 0.717) is 19.6 Å². The van der Waals surface area contributed by atoms with Crippen molar-refractivity contribution >= 4 is 29.5 Å². The van der Waals surface area contributed by atoms with E-state index in [4.69, 9.17) is 0 Å². The Morgan fingerprint density at radius 1 is 1.24 bits per heavy atom. The summed E-state index contributed by atoms with van der Waals surface area (Å²) in [7, 11) is 0. The van der Waals surface area contributed by atoms with Crippen LogP contribution in [0, 0.1) is 17.8 Å². The normalized spacial score (nSPS) is 32.6. The molecule has 0 aromatic heterocycles. The van der Waals surface area contributed by atoms with Crippen LogP contribution in [0.5, 0.6) is 0 Å². The quantitative estimate of drug-likeness (QED) is 0.449. The van der Waals surface area contributed by atoms with Gasteiger partial charge >= 0.3 is 0 Å². The third-order valence-corrected chi connectivity index (χ3v) is 9.90. The number of aliphatic hydroxyl groups is 1. The Kier molecular flexibility index (Phi) is 8.23. The first kappa shape index (κ1) is 26.8. The molecule has 0 aromatic rings. The first-order valence-electron chi connectivity index (χ1n) is 12.5. The van der Waals surface area contributed by atoms with Crippen LogP contribution in [0.1, 0.15) is 47.5 Å². The minimum absolute atomic E-state index is 0.00871. The van der Waals surface area contributed by atoms with Crippen LogP contribution in [0.2, 0.25) is 0 Å². The minimum Gasteiger partial charge on any atom is -0.394 e. The number of hydrogen-bond acceptors (Lipinski definition) is 5. The van der Waals surface area contributed by atoms with Gasteiger partial charge in [-0.3, -0.25) is 14.4 Å². The van der Waals surface area contributed by atoms with Crippen molar-refractivity contribution in [1.82, 2.24) is 14.7 Å². The van der Waals surface area contributed by atoms with Crippen LogP contribution >= 0.6 is 11.8 Å². The molecule has 0 saturated carbocycles. The molecule has 0 aliphatic carbocycles. The van der Waals surface area contributed by atoms with Gasteiger partial charge in [-0.1, -0.05) is 26.0 Å². The maximum Gasteiger partial charge on any atom is 0.247 e. The second kappa shape index (κ2) is 10.4. The SMILES string of the molecule is C=CCN(CCC)C(=O)[C@@H]1[C@@H]2CC(C)C3(S2)C(C(=O)N(CC=C)C(C)C)N([C@H](C)CO)C(=O)[C@H]13. The summed E-state index contributed by atoms with van der Waals surface area (Å²) in [6.07, 6.45) is 5.05. The third-order valence-electron chi connectivity index (χ3n) is 7.83. The second-order valence-corrected chi connectivity index (χ2v) is 11.8. The number of rotatable bonds is 11. The van der Waals surface area contributed by atoms with Gasteiger partial charge < -0.3 is 19.8 Å². The standard InChI is InChI=1S/C26H41N3O4S/c1-8-11-27(12-9-2)23(31)20-19-14-17(6)26(34-19)21(20)24(32)29(18(7)15-30)22(26)25(33)28(13-10-3)16(4)5/h8,10,16-22,30H,1,3,9,11-15H2,2,4-7H3/t17?,18-,19+,20-,21+,22?,26?/m1/s1. The van der Waals surface area contributed by atoms with Gasteiger partial charge in [-0.05, 0) is 39.5 Å². The molecule has 0 radical (unpaired) electrons. The van der Waals surface area contributed by atoms with Crippen LogP contribution in [0.15, 0.2) is 25.3 Å². The number of nitrogens with zero attached hydrogens (tertiary/aromatic N) is 3. The smallest absolute Gasteiger partial charge is 0.247 e. The molecule has 3 fully saturated rings. The molecular formula is C26H41N3O4S. The van der Waals surface area contributed by atoms with E-state index in [1.165, 1.54) is 0 Å². The van der Waals surface area contributed by atoms with Crippen molar-refractivity contribution in [3.05, 3.63) is 25.3 Å². The van der Waals surface area contributed by atoms with Crippen LogP contribution < -0.4 is 0 Å². The Hall–Kier alpha value is -1.80. The van der Waals surface area contributed by atoms with E-state index in [-0.39, 0.29) is 41.5 Å². The summed E-state index contributed by atoms with van der Waals surface area (Å²) in [6, 6.07) is -1.29. The number of aliphatic hydroxyl groups excluding tert-OH is 1. The lowest BCUT2D eigenvalue weighted by atomic mass is 9.65. The van der Waals surface area contributed by atoms with Crippen molar-refractivity contribution < 1.29 is 19.5 Å². The topological polar surface area (TPSA) is 81.2 Å². The monoisotopic (exact) mass is 491 g/mol. The van der Waals surface area contributed by atoms with Gasteiger partial charge in [-0.25, -0.2) is 0 Å². The zero-order valence-electron chi connectivity index (χ0n) is 21.3. The van der Waals surface area contributed by atoms with Crippen LogP contribution in [0.4, 0.5) is 0 Å². The molecule has 0 aromatic carbocycles. The van der Waals surface area contributed by atoms with Gasteiger partial charge in [-0.2, -0.15) is 0 Å². The molecule has 3 aliphatic rings. The Balaban J connectivity index is 2.11. The first-order valence-corrected chi connectivity index (χ1v) is 13.4. The fraction of sp³-hybridized carbons (Fsp3) is 0.731. The summed E-state index contributed by atoms with van der Waals surface area (Å²) >= 11 is 1.68.